The average molecular weight is 337 g/mol. The fourth-order valence-electron chi connectivity index (χ4n) is 2.32. The highest BCUT2D eigenvalue weighted by Gasteiger charge is 2.32. The van der Waals surface area contributed by atoms with E-state index in [1.54, 1.807) is 11.8 Å². The molecular formula is C13H16ClF3N4O. The van der Waals surface area contributed by atoms with Gasteiger partial charge in [0.1, 0.15) is 5.82 Å². The fraction of sp³-hybridized carbons (Fsp3) is 0.538. The van der Waals surface area contributed by atoms with Crippen LogP contribution >= 0.6 is 11.6 Å². The quantitative estimate of drug-likeness (QED) is 0.913. The van der Waals surface area contributed by atoms with Gasteiger partial charge in [-0.05, 0) is 13.0 Å². The summed E-state index contributed by atoms with van der Waals surface area (Å²) in [5.74, 6) is -0.0832. The summed E-state index contributed by atoms with van der Waals surface area (Å²) in [6.07, 6.45) is -3.69. The number of carbonyl (C=O) groups is 1. The number of alkyl halides is 3. The van der Waals surface area contributed by atoms with Crippen LogP contribution in [0.25, 0.3) is 0 Å². The SMILES string of the molecule is C[C@H](C(N)=O)N1CCN(c2ncc(C(F)(F)F)cc2Cl)CC1. The van der Waals surface area contributed by atoms with Gasteiger partial charge in [0.15, 0.2) is 0 Å². The third-order valence-corrected chi connectivity index (χ3v) is 4.00. The predicted molar refractivity (Wildman–Crippen MR) is 76.7 cm³/mol. The molecule has 0 aliphatic carbocycles. The molecule has 0 radical (unpaired) electrons. The molecule has 1 aliphatic rings. The maximum atomic E-state index is 12.6. The number of rotatable bonds is 3. The average Bonchev–Trinajstić information content (AvgIpc) is 2.45. The van der Waals surface area contributed by atoms with Crippen molar-refractivity contribution in [2.45, 2.75) is 19.1 Å². The predicted octanol–water partition coefficient (Wildman–Crippen LogP) is 1.75. The molecule has 5 nitrogen and oxygen atoms in total. The number of piperazine rings is 1. The molecule has 9 heteroatoms. The standard InChI is InChI=1S/C13H16ClF3N4O/c1-8(11(18)22)20-2-4-21(5-3-20)12-10(14)6-9(7-19-12)13(15,16)17/h6-8H,2-5H2,1H3,(H2,18,22)/t8-/m1/s1. The van der Waals surface area contributed by atoms with Crippen LogP contribution in [0.5, 0.6) is 0 Å². The van der Waals surface area contributed by atoms with Gasteiger partial charge in [-0.15, -0.1) is 0 Å². The normalized spacial score (nSPS) is 18.3. The monoisotopic (exact) mass is 336 g/mol. The smallest absolute Gasteiger partial charge is 0.368 e. The highest BCUT2D eigenvalue weighted by molar-refractivity contribution is 6.33. The number of anilines is 1. The van der Waals surface area contributed by atoms with Crippen molar-refractivity contribution in [2.75, 3.05) is 31.1 Å². The van der Waals surface area contributed by atoms with Crippen LogP contribution in [-0.2, 0) is 11.0 Å². The Labute approximate surface area is 130 Å². The molecule has 1 fully saturated rings. The van der Waals surface area contributed by atoms with E-state index in [4.69, 9.17) is 17.3 Å². The van der Waals surface area contributed by atoms with Gasteiger partial charge in [-0.2, -0.15) is 13.2 Å². The van der Waals surface area contributed by atoms with Crippen molar-refractivity contribution in [3.63, 3.8) is 0 Å². The van der Waals surface area contributed by atoms with E-state index in [2.05, 4.69) is 4.98 Å². The number of amides is 1. The molecule has 0 saturated carbocycles. The van der Waals surface area contributed by atoms with Crippen molar-refractivity contribution in [1.29, 1.82) is 0 Å². The summed E-state index contributed by atoms with van der Waals surface area (Å²) in [7, 11) is 0. The Kier molecular flexibility index (Phi) is 4.81. The van der Waals surface area contributed by atoms with E-state index in [9.17, 15) is 18.0 Å². The highest BCUT2D eigenvalue weighted by Crippen LogP contribution is 2.33. The van der Waals surface area contributed by atoms with Gasteiger partial charge in [-0.25, -0.2) is 4.98 Å². The van der Waals surface area contributed by atoms with E-state index in [1.807, 2.05) is 4.90 Å². The first kappa shape index (κ1) is 16.8. The first-order valence-corrected chi connectivity index (χ1v) is 7.09. The van der Waals surface area contributed by atoms with Crippen molar-refractivity contribution in [3.05, 3.63) is 22.8 Å². The lowest BCUT2D eigenvalue weighted by Crippen LogP contribution is -2.53. The van der Waals surface area contributed by atoms with E-state index in [1.165, 1.54) is 0 Å². The van der Waals surface area contributed by atoms with Crippen molar-refractivity contribution in [3.8, 4) is 0 Å². The second-order valence-electron chi connectivity index (χ2n) is 5.13. The molecule has 2 rings (SSSR count). The first-order valence-electron chi connectivity index (χ1n) is 6.71. The molecule has 1 atom stereocenters. The van der Waals surface area contributed by atoms with E-state index in [0.717, 1.165) is 12.3 Å². The Morgan fingerprint density at radius 3 is 2.41 bits per heavy atom. The van der Waals surface area contributed by atoms with E-state index >= 15 is 0 Å². The lowest BCUT2D eigenvalue weighted by atomic mass is 10.2. The van der Waals surface area contributed by atoms with Crippen LogP contribution < -0.4 is 10.6 Å². The van der Waals surface area contributed by atoms with Crippen LogP contribution in [0.4, 0.5) is 19.0 Å². The molecule has 22 heavy (non-hydrogen) atoms. The van der Waals surface area contributed by atoms with E-state index in [0.29, 0.717) is 32.0 Å². The Bertz CT molecular complexity index is 559. The number of primary amides is 1. The number of aromatic nitrogens is 1. The minimum absolute atomic E-state index is 0.0359. The van der Waals surface area contributed by atoms with E-state index < -0.39 is 17.6 Å². The lowest BCUT2D eigenvalue weighted by Gasteiger charge is -2.37. The van der Waals surface area contributed by atoms with Crippen LogP contribution in [0.1, 0.15) is 12.5 Å². The molecule has 1 aliphatic heterocycles. The first-order chi connectivity index (χ1) is 10.2. The summed E-state index contributed by atoms with van der Waals surface area (Å²) in [4.78, 5) is 18.7. The van der Waals surface area contributed by atoms with Crippen LogP contribution in [0, 0.1) is 0 Å². The van der Waals surface area contributed by atoms with Gasteiger partial charge in [0.25, 0.3) is 0 Å². The van der Waals surface area contributed by atoms with E-state index in [-0.39, 0.29) is 11.1 Å². The summed E-state index contributed by atoms with van der Waals surface area (Å²) in [6.45, 7) is 3.86. The second-order valence-corrected chi connectivity index (χ2v) is 5.54. The summed E-state index contributed by atoms with van der Waals surface area (Å²) in [5, 5.41) is -0.0359. The van der Waals surface area contributed by atoms with Gasteiger partial charge >= 0.3 is 6.18 Å². The van der Waals surface area contributed by atoms with Gasteiger partial charge in [0, 0.05) is 32.4 Å². The number of nitrogens with two attached hydrogens (primary N) is 1. The van der Waals surface area contributed by atoms with Crippen molar-refractivity contribution in [1.82, 2.24) is 9.88 Å². The van der Waals surface area contributed by atoms with Crippen molar-refractivity contribution in [2.24, 2.45) is 5.73 Å². The molecular weight excluding hydrogens is 321 g/mol. The number of nitrogens with zero attached hydrogens (tertiary/aromatic N) is 3. The van der Waals surface area contributed by atoms with Crippen molar-refractivity contribution < 1.29 is 18.0 Å². The van der Waals surface area contributed by atoms with Gasteiger partial charge in [-0.1, -0.05) is 11.6 Å². The molecule has 0 aromatic carbocycles. The maximum absolute atomic E-state index is 12.6. The molecule has 0 unspecified atom stereocenters. The third kappa shape index (κ3) is 3.61. The topological polar surface area (TPSA) is 62.5 Å². The zero-order chi connectivity index (χ0) is 16.5. The summed E-state index contributed by atoms with van der Waals surface area (Å²) < 4.78 is 37.8. The zero-order valence-electron chi connectivity index (χ0n) is 11.9. The lowest BCUT2D eigenvalue weighted by molar-refractivity contribution is -0.137. The minimum atomic E-state index is -4.47. The Hall–Kier alpha value is -1.54. The molecule has 2 N–H and O–H groups in total. The molecule has 0 spiro atoms. The molecule has 0 bridgehead atoms. The molecule has 1 saturated heterocycles. The number of hydrogen-bond donors (Lipinski definition) is 1. The number of pyridine rings is 1. The van der Waals surface area contributed by atoms with Crippen LogP contribution in [0.2, 0.25) is 5.02 Å². The minimum Gasteiger partial charge on any atom is -0.368 e. The molecule has 2 heterocycles. The number of carbonyl (C=O) groups excluding carboxylic acids is 1. The van der Waals surface area contributed by atoms with Gasteiger partial charge in [-0.3, -0.25) is 9.69 Å². The zero-order valence-corrected chi connectivity index (χ0v) is 12.7. The van der Waals surface area contributed by atoms with Crippen LogP contribution in [0.15, 0.2) is 12.3 Å². The second kappa shape index (κ2) is 6.29. The summed E-state index contributed by atoms with van der Waals surface area (Å²) in [6, 6.07) is 0.501. The molecule has 1 amide bonds. The van der Waals surface area contributed by atoms with Crippen LogP contribution in [-0.4, -0.2) is 48.0 Å². The van der Waals surface area contributed by atoms with Gasteiger partial charge in [0.2, 0.25) is 5.91 Å². The Morgan fingerprint density at radius 2 is 1.95 bits per heavy atom. The number of halogens is 4. The number of hydrogen-bond acceptors (Lipinski definition) is 4. The van der Waals surface area contributed by atoms with Crippen molar-refractivity contribution >= 4 is 23.3 Å². The molecule has 1 aromatic rings. The molecule has 122 valence electrons. The van der Waals surface area contributed by atoms with Gasteiger partial charge < -0.3 is 10.6 Å². The Balaban J connectivity index is 2.07. The van der Waals surface area contributed by atoms with Crippen LogP contribution in [0.3, 0.4) is 0 Å². The van der Waals surface area contributed by atoms with Gasteiger partial charge in [0.05, 0.1) is 16.6 Å². The molecule has 1 aromatic heterocycles. The summed E-state index contributed by atoms with van der Waals surface area (Å²) in [5.41, 5.74) is 4.39. The Morgan fingerprint density at radius 1 is 1.36 bits per heavy atom. The summed E-state index contributed by atoms with van der Waals surface area (Å²) >= 11 is 5.93. The fourth-order valence-corrected chi connectivity index (χ4v) is 2.61. The third-order valence-electron chi connectivity index (χ3n) is 3.72. The largest absolute Gasteiger partial charge is 0.417 e. The maximum Gasteiger partial charge on any atom is 0.417 e. The highest BCUT2D eigenvalue weighted by atomic mass is 35.5.